The van der Waals surface area contributed by atoms with Crippen molar-refractivity contribution in [3.63, 3.8) is 0 Å². The minimum absolute atomic E-state index is 0.0890. The number of benzene rings is 2. The van der Waals surface area contributed by atoms with E-state index in [-0.39, 0.29) is 17.5 Å². The molecule has 0 heterocycles. The highest BCUT2D eigenvalue weighted by molar-refractivity contribution is 6.30. The third-order valence-electron chi connectivity index (χ3n) is 2.99. The summed E-state index contributed by atoms with van der Waals surface area (Å²) in [6.45, 7) is 2.49. The zero-order chi connectivity index (χ0) is 13.8. The first kappa shape index (κ1) is 13.7. The lowest BCUT2D eigenvalue weighted by atomic mass is 10.1. The summed E-state index contributed by atoms with van der Waals surface area (Å²) >= 11 is 5.92. The van der Waals surface area contributed by atoms with E-state index < -0.39 is 0 Å². The lowest BCUT2D eigenvalue weighted by Crippen LogP contribution is -2.18. The predicted octanol–water partition coefficient (Wildman–Crippen LogP) is 3.60. The molecule has 19 heavy (non-hydrogen) atoms. The molecule has 0 bridgehead atoms. The molecular weight excluding hydrogens is 262 g/mol. The molecule has 0 amide bonds. The fraction of sp³-hybridized carbons (Fsp3) is 0.200. The Hall–Kier alpha value is -1.71. The maximum Gasteiger partial charge on any atom is 0.124 e. The van der Waals surface area contributed by atoms with Crippen molar-refractivity contribution in [1.29, 1.82) is 0 Å². The summed E-state index contributed by atoms with van der Waals surface area (Å²) in [5.41, 5.74) is 1.55. The summed E-state index contributed by atoms with van der Waals surface area (Å²) in [6, 6.07) is 12.1. The molecule has 0 aromatic heterocycles. The lowest BCUT2D eigenvalue weighted by Gasteiger charge is -2.17. The van der Waals surface area contributed by atoms with Gasteiger partial charge in [-0.05, 0) is 36.8 Å². The largest absolute Gasteiger partial charge is 0.507 e. The van der Waals surface area contributed by atoms with Crippen molar-refractivity contribution < 1.29 is 10.2 Å². The van der Waals surface area contributed by atoms with Crippen molar-refractivity contribution >= 4 is 11.6 Å². The second kappa shape index (κ2) is 5.95. The predicted molar refractivity (Wildman–Crippen MR) is 76.5 cm³/mol. The molecule has 0 fully saturated rings. The zero-order valence-corrected chi connectivity index (χ0v) is 11.4. The number of nitrogens with one attached hydrogen (secondary N) is 1. The van der Waals surface area contributed by atoms with Crippen LogP contribution in [0.5, 0.6) is 11.5 Å². The van der Waals surface area contributed by atoms with E-state index in [2.05, 4.69) is 5.32 Å². The summed E-state index contributed by atoms with van der Waals surface area (Å²) in [6.07, 6.45) is 0. The first-order valence-corrected chi connectivity index (χ1v) is 6.44. The van der Waals surface area contributed by atoms with Crippen LogP contribution in [0.2, 0.25) is 5.02 Å². The Morgan fingerprint density at radius 2 is 1.74 bits per heavy atom. The number of aromatic hydroxyl groups is 2. The molecular formula is C15H16ClNO2. The summed E-state index contributed by atoms with van der Waals surface area (Å²) in [4.78, 5) is 0. The Balaban J connectivity index is 2.07. The standard InChI is InChI=1S/C15H16ClNO2/c1-10(15-13(18)6-3-7-14(15)19)17-9-11-4-2-5-12(16)8-11/h2-8,10,17-19H,9H2,1H3. The summed E-state index contributed by atoms with van der Waals surface area (Å²) in [5.74, 6) is 0.178. The van der Waals surface area contributed by atoms with E-state index in [4.69, 9.17) is 11.6 Å². The topological polar surface area (TPSA) is 52.5 Å². The van der Waals surface area contributed by atoms with E-state index in [0.717, 1.165) is 5.56 Å². The van der Waals surface area contributed by atoms with E-state index in [0.29, 0.717) is 17.1 Å². The molecule has 0 saturated heterocycles. The van der Waals surface area contributed by atoms with Crippen LogP contribution in [0.25, 0.3) is 0 Å². The van der Waals surface area contributed by atoms with Crippen LogP contribution in [0.3, 0.4) is 0 Å². The van der Waals surface area contributed by atoms with Gasteiger partial charge in [-0.25, -0.2) is 0 Å². The fourth-order valence-electron chi connectivity index (χ4n) is 2.00. The van der Waals surface area contributed by atoms with Gasteiger partial charge < -0.3 is 15.5 Å². The Morgan fingerprint density at radius 3 is 2.37 bits per heavy atom. The highest BCUT2D eigenvalue weighted by Crippen LogP contribution is 2.32. The number of hydrogen-bond donors (Lipinski definition) is 3. The van der Waals surface area contributed by atoms with E-state index in [9.17, 15) is 10.2 Å². The zero-order valence-electron chi connectivity index (χ0n) is 10.6. The molecule has 2 aromatic carbocycles. The van der Waals surface area contributed by atoms with Gasteiger partial charge in [-0.15, -0.1) is 0 Å². The van der Waals surface area contributed by atoms with E-state index in [1.165, 1.54) is 0 Å². The molecule has 0 aliphatic rings. The molecule has 0 radical (unpaired) electrons. The van der Waals surface area contributed by atoms with E-state index >= 15 is 0 Å². The molecule has 1 atom stereocenters. The summed E-state index contributed by atoms with van der Waals surface area (Å²) in [7, 11) is 0. The molecule has 1 unspecified atom stereocenters. The van der Waals surface area contributed by atoms with Crippen molar-refractivity contribution in [3.8, 4) is 11.5 Å². The molecule has 0 saturated carbocycles. The summed E-state index contributed by atoms with van der Waals surface area (Å²) in [5, 5.41) is 23.5. The number of phenolic OH excluding ortho intramolecular Hbond substituents is 2. The van der Waals surface area contributed by atoms with Crippen molar-refractivity contribution in [1.82, 2.24) is 5.32 Å². The Bertz CT molecular complexity index is 552. The smallest absolute Gasteiger partial charge is 0.124 e. The van der Waals surface area contributed by atoms with Gasteiger partial charge in [0.15, 0.2) is 0 Å². The lowest BCUT2D eigenvalue weighted by molar-refractivity contribution is 0.418. The van der Waals surface area contributed by atoms with Gasteiger partial charge in [-0.1, -0.05) is 29.8 Å². The van der Waals surface area contributed by atoms with Crippen LogP contribution in [0.1, 0.15) is 24.1 Å². The number of hydrogen-bond acceptors (Lipinski definition) is 3. The van der Waals surface area contributed by atoms with Crippen molar-refractivity contribution in [2.45, 2.75) is 19.5 Å². The molecule has 3 N–H and O–H groups in total. The molecule has 0 spiro atoms. The minimum atomic E-state index is -0.166. The van der Waals surface area contributed by atoms with Crippen molar-refractivity contribution in [2.75, 3.05) is 0 Å². The molecule has 0 aliphatic carbocycles. The number of phenols is 2. The molecule has 2 rings (SSSR count). The van der Waals surface area contributed by atoms with Crippen molar-refractivity contribution in [3.05, 3.63) is 58.6 Å². The van der Waals surface area contributed by atoms with E-state index in [1.807, 2.05) is 31.2 Å². The van der Waals surface area contributed by atoms with Crippen LogP contribution in [0.4, 0.5) is 0 Å². The first-order chi connectivity index (χ1) is 9.08. The maximum absolute atomic E-state index is 9.78. The van der Waals surface area contributed by atoms with Crippen LogP contribution in [-0.4, -0.2) is 10.2 Å². The number of rotatable bonds is 4. The van der Waals surface area contributed by atoms with Gasteiger partial charge in [0, 0.05) is 17.6 Å². The third kappa shape index (κ3) is 3.40. The normalized spacial score (nSPS) is 12.3. The molecule has 3 nitrogen and oxygen atoms in total. The van der Waals surface area contributed by atoms with E-state index in [1.54, 1.807) is 18.2 Å². The molecule has 0 aliphatic heterocycles. The van der Waals surface area contributed by atoms with Gasteiger partial charge in [-0.2, -0.15) is 0 Å². The monoisotopic (exact) mass is 277 g/mol. The SMILES string of the molecule is CC(NCc1cccc(Cl)c1)c1c(O)cccc1O. The maximum atomic E-state index is 9.78. The van der Waals surface area contributed by atoms with Crippen LogP contribution < -0.4 is 5.32 Å². The van der Waals surface area contributed by atoms with Gasteiger partial charge in [0.2, 0.25) is 0 Å². The average Bonchev–Trinajstić information content (AvgIpc) is 2.36. The highest BCUT2D eigenvalue weighted by atomic mass is 35.5. The highest BCUT2D eigenvalue weighted by Gasteiger charge is 2.14. The van der Waals surface area contributed by atoms with Crippen LogP contribution in [0.15, 0.2) is 42.5 Å². The third-order valence-corrected chi connectivity index (χ3v) is 3.23. The fourth-order valence-corrected chi connectivity index (χ4v) is 2.22. The van der Waals surface area contributed by atoms with Gasteiger partial charge in [0.25, 0.3) is 0 Å². The van der Waals surface area contributed by atoms with Crippen LogP contribution in [0, 0.1) is 0 Å². The molecule has 100 valence electrons. The number of halogens is 1. The van der Waals surface area contributed by atoms with Gasteiger partial charge in [0.1, 0.15) is 11.5 Å². The first-order valence-electron chi connectivity index (χ1n) is 6.06. The van der Waals surface area contributed by atoms with Gasteiger partial charge in [-0.3, -0.25) is 0 Å². The minimum Gasteiger partial charge on any atom is -0.507 e. The Kier molecular flexibility index (Phi) is 4.30. The Labute approximate surface area is 117 Å². The Morgan fingerprint density at radius 1 is 1.11 bits per heavy atom. The average molecular weight is 278 g/mol. The van der Waals surface area contributed by atoms with Crippen LogP contribution >= 0.6 is 11.6 Å². The second-order valence-corrected chi connectivity index (χ2v) is 4.88. The van der Waals surface area contributed by atoms with Gasteiger partial charge in [0.05, 0.1) is 5.56 Å². The van der Waals surface area contributed by atoms with Crippen molar-refractivity contribution in [2.24, 2.45) is 0 Å². The van der Waals surface area contributed by atoms with Gasteiger partial charge >= 0.3 is 0 Å². The second-order valence-electron chi connectivity index (χ2n) is 4.44. The van der Waals surface area contributed by atoms with Crippen LogP contribution in [-0.2, 0) is 6.54 Å². The quantitative estimate of drug-likeness (QED) is 0.800. The molecule has 2 aromatic rings. The molecule has 4 heteroatoms. The summed E-state index contributed by atoms with van der Waals surface area (Å²) < 4.78 is 0.